The predicted octanol–water partition coefficient (Wildman–Crippen LogP) is 2.43. The Morgan fingerprint density at radius 2 is 1.90 bits per heavy atom. The van der Waals surface area contributed by atoms with Crippen molar-refractivity contribution in [3.63, 3.8) is 0 Å². The summed E-state index contributed by atoms with van der Waals surface area (Å²) in [7, 11) is 0. The van der Waals surface area contributed by atoms with E-state index < -0.39 is 0 Å². The summed E-state index contributed by atoms with van der Waals surface area (Å²) >= 11 is 3.45. The highest BCUT2D eigenvalue weighted by Crippen LogP contribution is 2.29. The summed E-state index contributed by atoms with van der Waals surface area (Å²) < 4.78 is 0.924. The summed E-state index contributed by atoms with van der Waals surface area (Å²) in [6.07, 6.45) is 3.55. The van der Waals surface area contributed by atoms with Crippen LogP contribution in [0.5, 0.6) is 0 Å². The smallest absolute Gasteiger partial charge is 0.228 e. The minimum absolute atomic E-state index is 0.0125. The average Bonchev–Trinajstić information content (AvgIpc) is 3.39. The molecule has 1 aliphatic carbocycles. The molecule has 1 unspecified atom stereocenters. The molecular formula is C22H24BrN5O2. The molecule has 1 aromatic carbocycles. The molecule has 1 aromatic heterocycles. The number of fused-ring (bicyclic) bond motifs is 1. The number of rotatable bonds is 3. The van der Waals surface area contributed by atoms with Gasteiger partial charge in [-0.2, -0.15) is 5.10 Å². The SMILES string of the molecule is O=C(C1CC(=O)N(c2cccc(Br)c2)C1)N1CCN(c2cc3c(nn2)CCC3)CC1. The lowest BCUT2D eigenvalue weighted by Crippen LogP contribution is -2.51. The lowest BCUT2D eigenvalue weighted by Gasteiger charge is -2.36. The maximum absolute atomic E-state index is 13.1. The first-order chi connectivity index (χ1) is 14.6. The second-order valence-electron chi connectivity index (χ2n) is 8.23. The lowest BCUT2D eigenvalue weighted by molar-refractivity contribution is -0.136. The molecule has 2 fully saturated rings. The van der Waals surface area contributed by atoms with Crippen molar-refractivity contribution in [2.24, 2.45) is 5.92 Å². The van der Waals surface area contributed by atoms with E-state index in [9.17, 15) is 9.59 Å². The third kappa shape index (κ3) is 3.69. The molecule has 2 saturated heterocycles. The van der Waals surface area contributed by atoms with Crippen molar-refractivity contribution in [3.8, 4) is 0 Å². The van der Waals surface area contributed by atoms with Gasteiger partial charge < -0.3 is 14.7 Å². The fraction of sp³-hybridized carbons (Fsp3) is 0.455. The van der Waals surface area contributed by atoms with Gasteiger partial charge in [0.2, 0.25) is 11.8 Å². The number of piperazine rings is 1. The zero-order chi connectivity index (χ0) is 20.7. The van der Waals surface area contributed by atoms with Crippen molar-refractivity contribution >= 4 is 39.2 Å². The van der Waals surface area contributed by atoms with Crippen LogP contribution in [0.3, 0.4) is 0 Å². The van der Waals surface area contributed by atoms with E-state index >= 15 is 0 Å². The molecular weight excluding hydrogens is 446 g/mol. The van der Waals surface area contributed by atoms with Crippen LogP contribution in [0.2, 0.25) is 0 Å². The molecule has 30 heavy (non-hydrogen) atoms. The van der Waals surface area contributed by atoms with Crippen LogP contribution in [0.1, 0.15) is 24.1 Å². The molecule has 7 nitrogen and oxygen atoms in total. The number of carbonyl (C=O) groups excluding carboxylic acids is 2. The Morgan fingerprint density at radius 1 is 1.07 bits per heavy atom. The molecule has 1 atom stereocenters. The number of carbonyl (C=O) groups is 2. The number of benzene rings is 1. The molecule has 3 heterocycles. The van der Waals surface area contributed by atoms with E-state index in [1.54, 1.807) is 4.90 Å². The molecule has 0 saturated carbocycles. The standard InChI is InChI=1S/C22H24BrN5O2/c23-17-4-2-5-18(13-17)28-14-16(12-21(28)29)22(30)27-9-7-26(8-10-27)20-11-15-3-1-6-19(15)24-25-20/h2,4-5,11,13,16H,1,3,6-10,12,14H2. The molecule has 0 spiro atoms. The monoisotopic (exact) mass is 469 g/mol. The first-order valence-electron chi connectivity index (χ1n) is 10.5. The van der Waals surface area contributed by atoms with Crippen molar-refractivity contribution in [3.05, 3.63) is 46.1 Å². The Bertz CT molecular complexity index is 989. The van der Waals surface area contributed by atoms with E-state index in [2.05, 4.69) is 37.1 Å². The summed E-state index contributed by atoms with van der Waals surface area (Å²) in [4.78, 5) is 31.4. The summed E-state index contributed by atoms with van der Waals surface area (Å²) in [6.45, 7) is 3.24. The van der Waals surface area contributed by atoms with E-state index in [1.807, 2.05) is 29.2 Å². The minimum atomic E-state index is -0.275. The van der Waals surface area contributed by atoms with Crippen molar-refractivity contribution in [2.75, 3.05) is 42.5 Å². The van der Waals surface area contributed by atoms with Gasteiger partial charge in [-0.3, -0.25) is 9.59 Å². The van der Waals surface area contributed by atoms with E-state index in [4.69, 9.17) is 0 Å². The van der Waals surface area contributed by atoms with Crippen LogP contribution in [-0.2, 0) is 22.4 Å². The zero-order valence-corrected chi connectivity index (χ0v) is 18.3. The summed E-state index contributed by atoms with van der Waals surface area (Å²) in [5.41, 5.74) is 3.29. The fourth-order valence-electron chi connectivity index (χ4n) is 4.65. The van der Waals surface area contributed by atoms with Gasteiger partial charge in [-0.1, -0.05) is 22.0 Å². The van der Waals surface area contributed by atoms with Crippen molar-refractivity contribution in [1.29, 1.82) is 0 Å². The van der Waals surface area contributed by atoms with Gasteiger partial charge in [0.1, 0.15) is 0 Å². The van der Waals surface area contributed by atoms with Crippen LogP contribution < -0.4 is 9.80 Å². The highest BCUT2D eigenvalue weighted by atomic mass is 79.9. The Kier molecular flexibility index (Phi) is 5.18. The predicted molar refractivity (Wildman–Crippen MR) is 117 cm³/mol. The van der Waals surface area contributed by atoms with Gasteiger partial charge in [0.25, 0.3) is 0 Å². The van der Waals surface area contributed by atoms with Crippen molar-refractivity contribution in [1.82, 2.24) is 15.1 Å². The normalized spacial score (nSPS) is 21.3. The van der Waals surface area contributed by atoms with Gasteiger partial charge in [-0.25, -0.2) is 0 Å². The number of aromatic nitrogens is 2. The van der Waals surface area contributed by atoms with Gasteiger partial charge in [-0.05, 0) is 49.1 Å². The molecule has 0 radical (unpaired) electrons. The maximum Gasteiger partial charge on any atom is 0.228 e. The molecule has 8 heteroatoms. The fourth-order valence-corrected chi connectivity index (χ4v) is 5.04. The van der Waals surface area contributed by atoms with E-state index in [1.165, 1.54) is 5.56 Å². The van der Waals surface area contributed by atoms with Gasteiger partial charge >= 0.3 is 0 Å². The lowest BCUT2D eigenvalue weighted by atomic mass is 10.1. The summed E-state index contributed by atoms with van der Waals surface area (Å²) in [6, 6.07) is 9.83. The number of amides is 2. The number of nitrogens with zero attached hydrogens (tertiary/aromatic N) is 5. The zero-order valence-electron chi connectivity index (χ0n) is 16.8. The van der Waals surface area contributed by atoms with Crippen LogP contribution >= 0.6 is 15.9 Å². The van der Waals surface area contributed by atoms with Crippen LogP contribution in [0.4, 0.5) is 11.5 Å². The molecule has 3 aliphatic rings. The first-order valence-corrected chi connectivity index (χ1v) is 11.3. The molecule has 0 N–H and O–H groups in total. The molecule has 2 aliphatic heterocycles. The van der Waals surface area contributed by atoms with Crippen molar-refractivity contribution in [2.45, 2.75) is 25.7 Å². The number of halogens is 1. The second-order valence-corrected chi connectivity index (χ2v) is 9.14. The van der Waals surface area contributed by atoms with Crippen LogP contribution in [0.15, 0.2) is 34.8 Å². The molecule has 0 bridgehead atoms. The van der Waals surface area contributed by atoms with Gasteiger partial charge in [0.15, 0.2) is 5.82 Å². The minimum Gasteiger partial charge on any atom is -0.352 e. The molecule has 2 amide bonds. The Labute approximate surface area is 184 Å². The van der Waals surface area contributed by atoms with E-state index in [-0.39, 0.29) is 24.2 Å². The highest BCUT2D eigenvalue weighted by molar-refractivity contribution is 9.10. The Hall–Kier alpha value is -2.48. The summed E-state index contributed by atoms with van der Waals surface area (Å²) in [5.74, 6) is 0.737. The molecule has 5 rings (SSSR count). The molecule has 156 valence electrons. The largest absolute Gasteiger partial charge is 0.352 e. The maximum atomic E-state index is 13.1. The van der Waals surface area contributed by atoms with Crippen LogP contribution in [0, 0.1) is 5.92 Å². The van der Waals surface area contributed by atoms with Gasteiger partial charge in [0.05, 0.1) is 11.6 Å². The van der Waals surface area contributed by atoms with Crippen LogP contribution in [-0.4, -0.2) is 59.6 Å². The van der Waals surface area contributed by atoms with E-state index in [0.29, 0.717) is 19.6 Å². The van der Waals surface area contributed by atoms with Crippen LogP contribution in [0.25, 0.3) is 0 Å². The van der Waals surface area contributed by atoms with Gasteiger partial charge in [-0.15, -0.1) is 5.10 Å². The van der Waals surface area contributed by atoms with Crippen molar-refractivity contribution < 1.29 is 9.59 Å². The number of hydrogen-bond donors (Lipinski definition) is 0. The Morgan fingerprint density at radius 3 is 2.70 bits per heavy atom. The van der Waals surface area contributed by atoms with Gasteiger partial charge in [0, 0.05) is 49.3 Å². The number of anilines is 2. The third-order valence-corrected chi connectivity index (χ3v) is 6.81. The van der Waals surface area contributed by atoms with E-state index in [0.717, 1.165) is 54.0 Å². The number of hydrogen-bond acceptors (Lipinski definition) is 5. The average molecular weight is 470 g/mol. The quantitative estimate of drug-likeness (QED) is 0.690. The third-order valence-electron chi connectivity index (χ3n) is 6.32. The second kappa shape index (κ2) is 7.98. The highest BCUT2D eigenvalue weighted by Gasteiger charge is 2.38. The first kappa shape index (κ1) is 19.5. The molecule has 2 aromatic rings. The number of aryl methyl sites for hydroxylation is 2. The topological polar surface area (TPSA) is 69.6 Å². The summed E-state index contributed by atoms with van der Waals surface area (Å²) in [5, 5.41) is 8.78. The Balaban J connectivity index is 1.20.